The summed E-state index contributed by atoms with van der Waals surface area (Å²) in [6, 6.07) is 3.71. The molecule has 1 aromatic carbocycles. The van der Waals surface area contributed by atoms with Crippen LogP contribution < -0.4 is 10.6 Å². The molecule has 106 valence electrons. The molecule has 0 bridgehead atoms. The van der Waals surface area contributed by atoms with Crippen molar-refractivity contribution in [2.45, 2.75) is 26.8 Å². The normalized spacial score (nSPS) is 12.2. The number of benzene rings is 1. The smallest absolute Gasteiger partial charge is 0.337 e. The largest absolute Gasteiger partial charge is 0.478 e. The zero-order chi connectivity index (χ0) is 14.6. The van der Waals surface area contributed by atoms with E-state index in [9.17, 15) is 9.90 Å². The molecule has 0 saturated carbocycles. The van der Waals surface area contributed by atoms with Crippen LogP contribution in [-0.4, -0.2) is 37.4 Å². The molecular weight excluding hydrogens is 244 g/mol. The fourth-order valence-corrected chi connectivity index (χ4v) is 2.20. The van der Waals surface area contributed by atoms with Crippen LogP contribution in [0.3, 0.4) is 0 Å². The van der Waals surface area contributed by atoms with E-state index in [-0.39, 0.29) is 11.6 Å². The molecular formula is C14H22N2O3. The number of nitrogens with zero attached hydrogens (tertiary/aromatic N) is 1. The highest BCUT2D eigenvalue weighted by Crippen LogP contribution is 2.26. The number of nitrogen functional groups attached to an aromatic ring is 1. The molecule has 1 rings (SSSR count). The van der Waals surface area contributed by atoms with Gasteiger partial charge in [0.2, 0.25) is 0 Å². The number of carbonyl (C=O) groups is 1. The maximum absolute atomic E-state index is 11.2. The van der Waals surface area contributed by atoms with Crippen molar-refractivity contribution in [1.82, 2.24) is 0 Å². The minimum Gasteiger partial charge on any atom is -0.478 e. The highest BCUT2D eigenvalue weighted by Gasteiger charge is 2.17. The second-order valence-electron chi connectivity index (χ2n) is 4.62. The first-order valence-electron chi connectivity index (χ1n) is 6.31. The summed E-state index contributed by atoms with van der Waals surface area (Å²) in [4.78, 5) is 13.3. The van der Waals surface area contributed by atoms with E-state index in [4.69, 9.17) is 10.5 Å². The average Bonchev–Trinajstić information content (AvgIpc) is 2.34. The lowest BCUT2D eigenvalue weighted by Gasteiger charge is -2.30. The van der Waals surface area contributed by atoms with Gasteiger partial charge in [0.1, 0.15) is 0 Å². The maximum atomic E-state index is 11.2. The fraction of sp³-hybridized carbons (Fsp3) is 0.500. The quantitative estimate of drug-likeness (QED) is 0.771. The summed E-state index contributed by atoms with van der Waals surface area (Å²) >= 11 is 0. The van der Waals surface area contributed by atoms with Crippen molar-refractivity contribution >= 4 is 17.3 Å². The Balaban J connectivity index is 3.21. The summed E-state index contributed by atoms with van der Waals surface area (Å²) in [6.45, 7) is 7.24. The lowest BCUT2D eigenvalue weighted by atomic mass is 10.1. The molecule has 5 nitrogen and oxygen atoms in total. The van der Waals surface area contributed by atoms with E-state index < -0.39 is 5.97 Å². The van der Waals surface area contributed by atoms with Crippen LogP contribution in [0.5, 0.6) is 0 Å². The Kier molecular flexibility index (Phi) is 5.18. The molecule has 0 saturated heterocycles. The van der Waals surface area contributed by atoms with Crippen LogP contribution in [0.4, 0.5) is 11.4 Å². The fourth-order valence-electron chi connectivity index (χ4n) is 2.20. The zero-order valence-electron chi connectivity index (χ0n) is 11.9. The topological polar surface area (TPSA) is 75.8 Å². The maximum Gasteiger partial charge on any atom is 0.337 e. The second-order valence-corrected chi connectivity index (χ2v) is 4.62. The van der Waals surface area contributed by atoms with Crippen LogP contribution in [0.25, 0.3) is 0 Å². The number of likely N-dealkylation sites (N-methyl/N-ethyl adjacent to an activating group) is 1. The lowest BCUT2D eigenvalue weighted by Crippen LogP contribution is -2.36. The highest BCUT2D eigenvalue weighted by molar-refractivity contribution is 5.95. The number of anilines is 2. The van der Waals surface area contributed by atoms with E-state index in [2.05, 4.69) is 4.90 Å². The summed E-state index contributed by atoms with van der Waals surface area (Å²) in [6.07, 6.45) is 0. The molecule has 0 heterocycles. The molecule has 1 unspecified atom stereocenters. The van der Waals surface area contributed by atoms with E-state index in [1.807, 2.05) is 26.8 Å². The van der Waals surface area contributed by atoms with E-state index in [0.29, 0.717) is 12.3 Å². The number of hydrogen-bond acceptors (Lipinski definition) is 4. The first-order valence-corrected chi connectivity index (χ1v) is 6.31. The Bertz CT molecular complexity index is 460. The number of carboxylic acid groups (broad SMARTS) is 1. The van der Waals surface area contributed by atoms with E-state index in [0.717, 1.165) is 17.8 Å². The van der Waals surface area contributed by atoms with Crippen LogP contribution in [0, 0.1) is 6.92 Å². The molecule has 0 radical (unpaired) electrons. The third kappa shape index (κ3) is 3.38. The van der Waals surface area contributed by atoms with Crippen molar-refractivity contribution in [2.75, 3.05) is 30.9 Å². The molecule has 0 aromatic heterocycles. The molecule has 0 aliphatic rings. The average molecular weight is 266 g/mol. The Hall–Kier alpha value is -1.75. The van der Waals surface area contributed by atoms with Gasteiger partial charge in [-0.2, -0.15) is 0 Å². The van der Waals surface area contributed by atoms with Gasteiger partial charge in [0.05, 0.1) is 12.2 Å². The number of rotatable bonds is 6. The molecule has 5 heteroatoms. The number of carboxylic acids is 1. The highest BCUT2D eigenvalue weighted by atomic mass is 16.5. The summed E-state index contributed by atoms with van der Waals surface area (Å²) in [7, 11) is 1.65. The Morgan fingerprint density at radius 3 is 2.63 bits per heavy atom. The first-order chi connectivity index (χ1) is 8.92. The minimum atomic E-state index is -1.00. The van der Waals surface area contributed by atoms with E-state index in [1.165, 1.54) is 0 Å². The number of nitrogens with two attached hydrogens (primary N) is 1. The van der Waals surface area contributed by atoms with Crippen LogP contribution in [-0.2, 0) is 4.74 Å². The van der Waals surface area contributed by atoms with Crippen molar-refractivity contribution in [1.29, 1.82) is 0 Å². The number of hydrogen-bond donors (Lipinski definition) is 2. The number of methoxy groups -OCH3 is 1. The lowest BCUT2D eigenvalue weighted by molar-refractivity contribution is 0.0698. The van der Waals surface area contributed by atoms with Gasteiger partial charge in [-0.3, -0.25) is 0 Å². The zero-order valence-corrected chi connectivity index (χ0v) is 11.9. The van der Waals surface area contributed by atoms with Gasteiger partial charge in [-0.15, -0.1) is 0 Å². The predicted molar refractivity (Wildman–Crippen MR) is 76.9 cm³/mol. The van der Waals surface area contributed by atoms with Gasteiger partial charge in [0, 0.05) is 31.1 Å². The van der Waals surface area contributed by atoms with Gasteiger partial charge < -0.3 is 20.5 Å². The third-order valence-corrected chi connectivity index (χ3v) is 3.21. The summed E-state index contributed by atoms with van der Waals surface area (Å²) < 4.78 is 5.16. The number of aryl methyl sites for hydroxylation is 1. The molecule has 0 aliphatic carbocycles. The molecule has 19 heavy (non-hydrogen) atoms. The van der Waals surface area contributed by atoms with Crippen molar-refractivity contribution in [3.63, 3.8) is 0 Å². The summed E-state index contributed by atoms with van der Waals surface area (Å²) in [5, 5.41) is 9.19. The van der Waals surface area contributed by atoms with Crippen molar-refractivity contribution in [2.24, 2.45) is 0 Å². The van der Waals surface area contributed by atoms with Gasteiger partial charge in [-0.25, -0.2) is 4.79 Å². The van der Waals surface area contributed by atoms with E-state index in [1.54, 1.807) is 13.2 Å². The molecule has 0 spiro atoms. The van der Waals surface area contributed by atoms with Gasteiger partial charge in [0.25, 0.3) is 0 Å². The Labute approximate surface area is 114 Å². The Morgan fingerprint density at radius 1 is 1.53 bits per heavy atom. The predicted octanol–water partition coefficient (Wildman–Crippen LogP) is 2.14. The van der Waals surface area contributed by atoms with Crippen molar-refractivity contribution in [3.05, 3.63) is 23.3 Å². The first kappa shape index (κ1) is 15.3. The van der Waals surface area contributed by atoms with Crippen molar-refractivity contribution in [3.8, 4) is 0 Å². The molecule has 0 fully saturated rings. The van der Waals surface area contributed by atoms with Gasteiger partial charge in [0.15, 0.2) is 0 Å². The molecule has 3 N–H and O–H groups in total. The second kappa shape index (κ2) is 6.43. The Morgan fingerprint density at radius 2 is 2.16 bits per heavy atom. The van der Waals surface area contributed by atoms with Crippen molar-refractivity contribution < 1.29 is 14.6 Å². The van der Waals surface area contributed by atoms with Crippen LogP contribution in [0.15, 0.2) is 12.1 Å². The molecule has 0 aliphatic heterocycles. The number of aromatic carboxylic acids is 1. The molecule has 1 atom stereocenters. The third-order valence-electron chi connectivity index (χ3n) is 3.21. The van der Waals surface area contributed by atoms with Crippen LogP contribution in [0.2, 0.25) is 0 Å². The molecule has 1 aromatic rings. The number of ether oxygens (including phenoxy) is 1. The minimum absolute atomic E-state index is 0.151. The standard InChI is InChI=1S/C14H22N2O3/c1-5-16(10(3)8-19-4)11-6-9(2)13(15)12(7-11)14(17)18/h6-7,10H,5,8,15H2,1-4H3,(H,17,18). The SMILES string of the molecule is CCN(c1cc(C)c(N)c(C(=O)O)c1)C(C)COC. The monoisotopic (exact) mass is 266 g/mol. The van der Waals surface area contributed by atoms with Gasteiger partial charge in [-0.1, -0.05) is 0 Å². The van der Waals surface area contributed by atoms with Gasteiger partial charge in [-0.05, 0) is 38.5 Å². The summed E-state index contributed by atoms with van der Waals surface area (Å²) in [5.74, 6) is -1.00. The van der Waals surface area contributed by atoms with E-state index >= 15 is 0 Å². The van der Waals surface area contributed by atoms with Crippen LogP contribution in [0.1, 0.15) is 29.8 Å². The van der Waals surface area contributed by atoms with Gasteiger partial charge >= 0.3 is 5.97 Å². The van der Waals surface area contributed by atoms with Crippen LogP contribution >= 0.6 is 0 Å². The molecule has 0 amide bonds. The summed E-state index contributed by atoms with van der Waals surface area (Å²) in [5.41, 5.74) is 7.91.